The minimum Gasteiger partial charge on any atom is -0.481 e. The number of benzene rings is 1. The number of aliphatic hydroxyl groups is 1. The number of unbranched alkanes of at least 4 members (excludes halogenated alkanes) is 1. The molecule has 10 atom stereocenters. The molecule has 0 aromatic heterocycles. The van der Waals surface area contributed by atoms with Crippen LogP contribution in [0.5, 0.6) is 5.75 Å². The van der Waals surface area contributed by atoms with Crippen molar-refractivity contribution in [2.75, 3.05) is 18.8 Å². The standard InChI is InChI=1S/C49H74N12O21S/c1-22(2)38(46(76)53-29(10-8-9-17-50)42(72)57-33(21-83)49(79)82-28-13-11-27(12-14-28)61(80)81)59-47(77)39(23(3)4)58-44(74)32(19-37(69)70)56-43(73)30(15-16-35(65)66)54-48(78)40(25(6)62)60-45(75)31(18-36(67)68)55-41(71)24(5)52-34(64)20-51-26(7)63/h11-14,22-25,29-33,38-40,62,83H,8-10,15-21,50H2,1-7H3,(H,51,63)(H,52,64)(H,53,76)(H,54,78)(H,55,71)(H,56,73)(H,57,72)(H,58,74)(H,59,77)(H,60,75)(H,65,66)(H,67,68)(H,69,70)/t24-,25+,29-,30-,31-,32-,33-,38-,39-,40-/m0/s1. The van der Waals surface area contributed by atoms with Crippen LogP contribution in [0.2, 0.25) is 0 Å². The van der Waals surface area contributed by atoms with Gasteiger partial charge in [0.1, 0.15) is 60.1 Å². The Bertz CT molecular complexity index is 2520. The zero-order valence-corrected chi connectivity index (χ0v) is 47.4. The number of nitrogens with two attached hydrogens (primary N) is 1. The number of nitrogens with one attached hydrogen (secondary N) is 10. The van der Waals surface area contributed by atoms with Gasteiger partial charge < -0.3 is 84.1 Å². The summed E-state index contributed by atoms with van der Waals surface area (Å²) < 4.78 is 5.26. The molecule has 1 aromatic rings. The molecule has 462 valence electrons. The number of hydrogen-bond donors (Lipinski definition) is 16. The van der Waals surface area contributed by atoms with E-state index in [-0.39, 0.29) is 30.2 Å². The van der Waals surface area contributed by atoms with Gasteiger partial charge in [0.05, 0.1) is 30.4 Å². The van der Waals surface area contributed by atoms with E-state index in [1.807, 2.05) is 5.32 Å². The van der Waals surface area contributed by atoms with Crippen molar-refractivity contribution in [3.05, 3.63) is 34.4 Å². The lowest BCUT2D eigenvalue weighted by Gasteiger charge is -2.30. The fourth-order valence-electron chi connectivity index (χ4n) is 7.22. The quantitative estimate of drug-likeness (QED) is 0.00747. The Balaban J connectivity index is 3.39. The smallest absolute Gasteiger partial charge is 0.334 e. The van der Waals surface area contributed by atoms with Gasteiger partial charge in [-0.1, -0.05) is 27.7 Å². The molecule has 10 amide bonds. The van der Waals surface area contributed by atoms with Crippen molar-refractivity contribution in [1.82, 2.24) is 53.2 Å². The summed E-state index contributed by atoms with van der Waals surface area (Å²) >= 11 is 4.13. The number of hydrogen-bond acceptors (Lipinski definition) is 20. The van der Waals surface area contributed by atoms with Crippen LogP contribution in [0, 0.1) is 22.0 Å². The molecule has 0 fully saturated rings. The number of carboxylic acid groups (broad SMARTS) is 3. The van der Waals surface area contributed by atoms with E-state index in [1.165, 1.54) is 27.7 Å². The highest BCUT2D eigenvalue weighted by atomic mass is 32.1. The van der Waals surface area contributed by atoms with Crippen LogP contribution in [0.4, 0.5) is 5.69 Å². The van der Waals surface area contributed by atoms with E-state index in [2.05, 4.69) is 60.5 Å². The number of ether oxygens (including phenoxy) is 1. The molecule has 33 nitrogen and oxygen atoms in total. The van der Waals surface area contributed by atoms with E-state index in [0.29, 0.717) is 12.8 Å². The minimum absolute atomic E-state index is 0.0194. The molecule has 0 bridgehead atoms. The van der Waals surface area contributed by atoms with Gasteiger partial charge in [-0.15, -0.1) is 0 Å². The van der Waals surface area contributed by atoms with E-state index in [4.69, 9.17) is 10.5 Å². The van der Waals surface area contributed by atoms with Crippen molar-refractivity contribution in [3.8, 4) is 5.75 Å². The van der Waals surface area contributed by atoms with Crippen LogP contribution < -0.4 is 63.6 Å². The molecule has 34 heteroatoms. The van der Waals surface area contributed by atoms with Crippen LogP contribution in [0.1, 0.15) is 93.4 Å². The number of nitro groups is 1. The first kappa shape index (κ1) is 72.5. The van der Waals surface area contributed by atoms with Gasteiger partial charge in [-0.05, 0) is 70.0 Å². The number of aliphatic hydroxyl groups excluding tert-OH is 1. The Morgan fingerprint density at radius 1 is 0.566 bits per heavy atom. The largest absolute Gasteiger partial charge is 0.481 e. The number of carboxylic acids is 3. The van der Waals surface area contributed by atoms with Crippen molar-refractivity contribution in [1.29, 1.82) is 0 Å². The van der Waals surface area contributed by atoms with Crippen molar-refractivity contribution in [3.63, 3.8) is 0 Å². The summed E-state index contributed by atoms with van der Waals surface area (Å²) in [6.45, 7) is 8.87. The van der Waals surface area contributed by atoms with Gasteiger partial charge in [-0.2, -0.15) is 12.6 Å². The summed E-state index contributed by atoms with van der Waals surface area (Å²) in [5.41, 5.74) is 5.37. The number of carbonyl (C=O) groups excluding carboxylic acids is 11. The van der Waals surface area contributed by atoms with E-state index in [0.717, 1.165) is 45.0 Å². The number of nitrogens with zero attached hydrogens (tertiary/aromatic N) is 1. The number of non-ortho nitro benzene ring substituents is 1. The van der Waals surface area contributed by atoms with E-state index < -0.39 is 192 Å². The number of esters is 1. The van der Waals surface area contributed by atoms with Crippen LogP contribution in [-0.4, -0.2) is 188 Å². The molecular formula is C49H74N12O21S. The van der Waals surface area contributed by atoms with Crippen molar-refractivity contribution < 1.29 is 97.2 Å². The van der Waals surface area contributed by atoms with Gasteiger partial charge in [0.25, 0.3) is 5.69 Å². The molecular weight excluding hydrogens is 1120 g/mol. The van der Waals surface area contributed by atoms with Gasteiger partial charge in [0, 0.05) is 31.2 Å². The normalized spacial score (nSPS) is 14.6. The molecule has 0 unspecified atom stereocenters. The van der Waals surface area contributed by atoms with Crippen molar-refractivity contribution in [2.24, 2.45) is 17.6 Å². The van der Waals surface area contributed by atoms with Gasteiger partial charge in [-0.25, -0.2) is 4.79 Å². The lowest BCUT2D eigenvalue weighted by Crippen LogP contribution is -2.62. The SMILES string of the molecule is CC(=O)NCC(=O)N[C@@H](C)C(=O)N[C@@H](CC(=O)O)C(=O)N[C@H](C(=O)N[C@@H](CCC(=O)O)C(=O)N[C@@H](CC(=O)O)C(=O)N[C@H](C(=O)N[C@H](C(=O)N[C@@H](CCCCN)C(=O)N[C@@H](CS)C(=O)Oc1ccc([N+](=O)[O-])cc1)C(C)C)C(C)C)[C@@H](C)O. The third kappa shape index (κ3) is 26.7. The van der Waals surface area contributed by atoms with E-state index in [1.54, 1.807) is 0 Å². The maximum absolute atomic E-state index is 14.0. The van der Waals surface area contributed by atoms with E-state index in [9.17, 15) is 97.7 Å². The van der Waals surface area contributed by atoms with Crippen LogP contribution in [0.3, 0.4) is 0 Å². The molecule has 0 radical (unpaired) electrons. The molecule has 0 aliphatic heterocycles. The van der Waals surface area contributed by atoms with Crippen molar-refractivity contribution >= 4 is 101 Å². The Kier molecular flexibility index (Phi) is 31.5. The summed E-state index contributed by atoms with van der Waals surface area (Å²) in [6.07, 6.45) is -5.11. The number of aliphatic carboxylic acids is 3. The summed E-state index contributed by atoms with van der Waals surface area (Å²) in [7, 11) is 0. The lowest BCUT2D eigenvalue weighted by molar-refractivity contribution is -0.384. The summed E-state index contributed by atoms with van der Waals surface area (Å²) in [6, 6.07) is -10.8. The second-order valence-corrected chi connectivity index (χ2v) is 19.8. The third-order valence-corrected chi connectivity index (χ3v) is 12.1. The Hall–Kier alpha value is -8.53. The highest BCUT2D eigenvalue weighted by molar-refractivity contribution is 7.80. The fraction of sp³-hybridized carbons (Fsp3) is 0.592. The number of thiol groups is 1. The average Bonchev–Trinajstić information content (AvgIpc) is 3.39. The van der Waals surface area contributed by atoms with Crippen LogP contribution in [0.15, 0.2) is 24.3 Å². The van der Waals surface area contributed by atoms with Gasteiger partial charge in [-0.3, -0.25) is 72.4 Å². The van der Waals surface area contributed by atoms with E-state index >= 15 is 0 Å². The third-order valence-electron chi connectivity index (χ3n) is 11.8. The zero-order chi connectivity index (χ0) is 63.4. The molecule has 0 saturated heterocycles. The first-order chi connectivity index (χ1) is 38.7. The first-order valence-electron chi connectivity index (χ1n) is 25.8. The highest BCUT2D eigenvalue weighted by Gasteiger charge is 2.38. The van der Waals surface area contributed by atoms with Crippen LogP contribution in [0.25, 0.3) is 0 Å². The fourth-order valence-corrected chi connectivity index (χ4v) is 7.46. The number of rotatable bonds is 37. The molecule has 0 saturated carbocycles. The Labute approximate surface area is 480 Å². The maximum Gasteiger partial charge on any atom is 0.334 e. The molecule has 0 spiro atoms. The lowest BCUT2D eigenvalue weighted by atomic mass is 9.98. The number of carbonyl (C=O) groups is 14. The van der Waals surface area contributed by atoms with Gasteiger partial charge in [0.15, 0.2) is 0 Å². The van der Waals surface area contributed by atoms with Crippen molar-refractivity contribution in [2.45, 2.75) is 154 Å². The molecule has 1 aromatic carbocycles. The van der Waals surface area contributed by atoms with Crippen LogP contribution >= 0.6 is 12.6 Å². The predicted octanol–water partition coefficient (Wildman–Crippen LogP) is -4.41. The second-order valence-electron chi connectivity index (χ2n) is 19.5. The maximum atomic E-state index is 14.0. The van der Waals surface area contributed by atoms with Gasteiger partial charge in [0.2, 0.25) is 59.1 Å². The number of amides is 10. The monoisotopic (exact) mass is 1200 g/mol. The van der Waals surface area contributed by atoms with Gasteiger partial charge >= 0.3 is 23.9 Å². The second kappa shape index (κ2) is 36.0. The average molecular weight is 1200 g/mol. The molecule has 1 rings (SSSR count). The zero-order valence-electron chi connectivity index (χ0n) is 46.5. The topological polar surface area (TPSA) is 519 Å². The molecule has 0 heterocycles. The molecule has 83 heavy (non-hydrogen) atoms. The molecule has 0 aliphatic rings. The van der Waals surface area contributed by atoms with Crippen LogP contribution in [-0.2, 0) is 67.1 Å². The summed E-state index contributed by atoms with van der Waals surface area (Å²) in [5.74, 6) is -18.6. The Morgan fingerprint density at radius 3 is 1.42 bits per heavy atom. The predicted molar refractivity (Wildman–Crippen MR) is 290 cm³/mol. The molecule has 16 N–H and O–H groups in total. The molecule has 0 aliphatic carbocycles. The highest BCUT2D eigenvalue weighted by Crippen LogP contribution is 2.18. The number of nitro benzene ring substituents is 1. The first-order valence-corrected chi connectivity index (χ1v) is 26.4. The Morgan fingerprint density at radius 2 is 0.988 bits per heavy atom. The minimum atomic E-state index is -2.08. The summed E-state index contributed by atoms with van der Waals surface area (Å²) in [4.78, 5) is 191. The summed E-state index contributed by atoms with van der Waals surface area (Å²) in [5, 5.41) is 72.9.